The maximum atomic E-state index is 12.1. The number of hydrogen-bond acceptors (Lipinski definition) is 2. The zero-order valence-electron chi connectivity index (χ0n) is 15.8. The lowest BCUT2D eigenvalue weighted by atomic mass is 9.95. The van der Waals surface area contributed by atoms with Crippen molar-refractivity contribution >= 4 is 37.7 Å². The third kappa shape index (κ3) is 3.06. The monoisotopic (exact) mass is 440 g/mol. The van der Waals surface area contributed by atoms with Gasteiger partial charge < -0.3 is 4.57 Å². The Morgan fingerprint density at radius 1 is 0.828 bits per heavy atom. The van der Waals surface area contributed by atoms with Gasteiger partial charge in [0.25, 0.3) is 5.56 Å². The second kappa shape index (κ2) is 6.98. The van der Waals surface area contributed by atoms with E-state index in [0.717, 1.165) is 48.7 Å². The molecule has 0 spiro atoms. The molecule has 2 aromatic heterocycles. The summed E-state index contributed by atoms with van der Waals surface area (Å²) < 4.78 is 2.73. The van der Waals surface area contributed by atoms with Gasteiger partial charge in [-0.2, -0.15) is 0 Å². The molecule has 2 heterocycles. The van der Waals surface area contributed by atoms with E-state index in [1.54, 1.807) is 10.6 Å². The van der Waals surface area contributed by atoms with Crippen LogP contribution in [-0.4, -0.2) is 9.55 Å². The number of pyridine rings is 2. The Morgan fingerprint density at radius 2 is 1.59 bits per heavy atom. The van der Waals surface area contributed by atoms with Gasteiger partial charge in [-0.1, -0.05) is 58.4 Å². The number of aryl methyl sites for hydroxylation is 1. The Kier molecular flexibility index (Phi) is 4.29. The highest BCUT2D eigenvalue weighted by molar-refractivity contribution is 9.10. The van der Waals surface area contributed by atoms with Crippen molar-refractivity contribution in [1.82, 2.24) is 9.55 Å². The standard InChI is InChI=1S/C25H17BrN2O/c1-28-23-13-12-21-25(19(23)11-14-24(28)29)20(16-5-3-2-4-6-16)15-22(27-21)17-7-9-18(26)10-8-17/h2-15H,1H3. The van der Waals surface area contributed by atoms with Crippen molar-refractivity contribution in [2.45, 2.75) is 0 Å². The minimum atomic E-state index is -0.0162. The Bertz CT molecular complexity index is 1420. The third-order valence-electron chi connectivity index (χ3n) is 5.30. The molecular formula is C25H17BrN2O. The Balaban J connectivity index is 1.91. The van der Waals surface area contributed by atoms with Crippen LogP contribution in [-0.2, 0) is 7.05 Å². The summed E-state index contributed by atoms with van der Waals surface area (Å²) in [6, 6.07) is 28.2. The Hall–Kier alpha value is -3.24. The maximum Gasteiger partial charge on any atom is 0.250 e. The second-order valence-corrected chi connectivity index (χ2v) is 7.97. The fourth-order valence-electron chi connectivity index (χ4n) is 3.80. The summed E-state index contributed by atoms with van der Waals surface area (Å²) in [5.41, 5.74) is 6.02. The van der Waals surface area contributed by atoms with E-state index in [4.69, 9.17) is 4.98 Å². The number of aromatic nitrogens is 2. The van der Waals surface area contributed by atoms with Gasteiger partial charge in [-0.3, -0.25) is 4.79 Å². The maximum absolute atomic E-state index is 12.1. The van der Waals surface area contributed by atoms with Crippen LogP contribution in [0.1, 0.15) is 0 Å². The molecule has 0 bridgehead atoms. The quantitative estimate of drug-likeness (QED) is 0.307. The first-order chi connectivity index (χ1) is 14.1. The van der Waals surface area contributed by atoms with E-state index in [1.807, 2.05) is 55.6 Å². The van der Waals surface area contributed by atoms with Crippen LogP contribution in [0, 0.1) is 0 Å². The average molecular weight is 441 g/mol. The molecule has 29 heavy (non-hydrogen) atoms. The first-order valence-electron chi connectivity index (χ1n) is 9.37. The summed E-state index contributed by atoms with van der Waals surface area (Å²) >= 11 is 3.50. The van der Waals surface area contributed by atoms with Crippen molar-refractivity contribution in [1.29, 1.82) is 0 Å². The molecule has 0 fully saturated rings. The number of halogens is 1. The smallest absolute Gasteiger partial charge is 0.250 e. The lowest BCUT2D eigenvalue weighted by Crippen LogP contribution is -2.15. The number of benzene rings is 3. The average Bonchev–Trinajstić information content (AvgIpc) is 2.76. The van der Waals surface area contributed by atoms with Crippen LogP contribution < -0.4 is 5.56 Å². The molecule has 0 saturated heterocycles. The summed E-state index contributed by atoms with van der Waals surface area (Å²) in [6.07, 6.45) is 0. The fourth-order valence-corrected chi connectivity index (χ4v) is 4.07. The van der Waals surface area contributed by atoms with Crippen LogP contribution in [0.3, 0.4) is 0 Å². The highest BCUT2D eigenvalue weighted by Crippen LogP contribution is 2.36. The van der Waals surface area contributed by atoms with Gasteiger partial charge in [0, 0.05) is 33.9 Å². The summed E-state index contributed by atoms with van der Waals surface area (Å²) in [6.45, 7) is 0. The molecule has 140 valence electrons. The molecule has 0 N–H and O–H groups in total. The molecule has 0 aliphatic heterocycles. The predicted molar refractivity (Wildman–Crippen MR) is 123 cm³/mol. The molecule has 0 unspecified atom stereocenters. The number of hydrogen-bond donors (Lipinski definition) is 0. The molecule has 4 heteroatoms. The highest BCUT2D eigenvalue weighted by Gasteiger charge is 2.13. The van der Waals surface area contributed by atoms with Gasteiger partial charge in [-0.05, 0) is 47.5 Å². The van der Waals surface area contributed by atoms with Crippen molar-refractivity contribution < 1.29 is 0 Å². The summed E-state index contributed by atoms with van der Waals surface area (Å²) in [5.74, 6) is 0. The van der Waals surface area contributed by atoms with Crippen molar-refractivity contribution in [3.8, 4) is 22.4 Å². The molecule has 5 aromatic rings. The van der Waals surface area contributed by atoms with Crippen LogP contribution in [0.25, 0.3) is 44.2 Å². The van der Waals surface area contributed by atoms with E-state index in [2.05, 4.69) is 46.3 Å². The molecule has 0 radical (unpaired) electrons. The number of rotatable bonds is 2. The normalized spacial score (nSPS) is 11.2. The Labute approximate surface area is 176 Å². The Morgan fingerprint density at radius 3 is 2.34 bits per heavy atom. The largest absolute Gasteiger partial charge is 0.311 e. The minimum Gasteiger partial charge on any atom is -0.311 e. The molecule has 3 nitrogen and oxygen atoms in total. The van der Waals surface area contributed by atoms with E-state index in [1.165, 1.54) is 0 Å². The van der Waals surface area contributed by atoms with E-state index < -0.39 is 0 Å². The van der Waals surface area contributed by atoms with Crippen molar-refractivity contribution in [3.05, 3.63) is 99.8 Å². The molecule has 0 atom stereocenters. The summed E-state index contributed by atoms with van der Waals surface area (Å²) in [4.78, 5) is 17.1. The zero-order chi connectivity index (χ0) is 20.0. The van der Waals surface area contributed by atoms with E-state index in [-0.39, 0.29) is 5.56 Å². The van der Waals surface area contributed by atoms with Crippen LogP contribution in [0.2, 0.25) is 0 Å². The molecule has 0 amide bonds. The molecule has 0 aliphatic carbocycles. The fraction of sp³-hybridized carbons (Fsp3) is 0.0400. The molecule has 3 aromatic carbocycles. The van der Waals surface area contributed by atoms with Gasteiger partial charge in [-0.15, -0.1) is 0 Å². The second-order valence-electron chi connectivity index (χ2n) is 7.05. The molecule has 5 rings (SSSR count). The lowest BCUT2D eigenvalue weighted by molar-refractivity contribution is 0.907. The topological polar surface area (TPSA) is 34.9 Å². The van der Waals surface area contributed by atoms with Crippen molar-refractivity contribution in [3.63, 3.8) is 0 Å². The van der Waals surface area contributed by atoms with Gasteiger partial charge in [0.15, 0.2) is 0 Å². The van der Waals surface area contributed by atoms with Gasteiger partial charge in [-0.25, -0.2) is 4.98 Å². The minimum absolute atomic E-state index is 0.0162. The lowest BCUT2D eigenvalue weighted by Gasteiger charge is -2.14. The first-order valence-corrected chi connectivity index (χ1v) is 10.2. The van der Waals surface area contributed by atoms with Crippen LogP contribution >= 0.6 is 15.9 Å². The highest BCUT2D eigenvalue weighted by atomic mass is 79.9. The summed E-state index contributed by atoms with van der Waals surface area (Å²) in [5, 5.41) is 2.09. The van der Waals surface area contributed by atoms with Crippen molar-refractivity contribution in [2.24, 2.45) is 7.05 Å². The third-order valence-corrected chi connectivity index (χ3v) is 5.83. The first kappa shape index (κ1) is 17.8. The number of nitrogens with zero attached hydrogens (tertiary/aromatic N) is 2. The van der Waals surface area contributed by atoms with E-state index >= 15 is 0 Å². The van der Waals surface area contributed by atoms with Crippen molar-refractivity contribution in [2.75, 3.05) is 0 Å². The summed E-state index contributed by atoms with van der Waals surface area (Å²) in [7, 11) is 1.81. The van der Waals surface area contributed by atoms with Gasteiger partial charge >= 0.3 is 0 Å². The van der Waals surface area contributed by atoms with Gasteiger partial charge in [0.1, 0.15) is 0 Å². The molecular weight excluding hydrogens is 424 g/mol. The van der Waals surface area contributed by atoms with E-state index in [0.29, 0.717) is 0 Å². The van der Waals surface area contributed by atoms with Crippen LogP contribution in [0.15, 0.2) is 94.2 Å². The van der Waals surface area contributed by atoms with Crippen LogP contribution in [0.4, 0.5) is 0 Å². The molecule has 0 saturated carbocycles. The van der Waals surface area contributed by atoms with Gasteiger partial charge in [0.2, 0.25) is 0 Å². The number of fused-ring (bicyclic) bond motifs is 3. The molecule has 0 aliphatic rings. The van der Waals surface area contributed by atoms with Gasteiger partial charge in [0.05, 0.1) is 16.7 Å². The van der Waals surface area contributed by atoms with Crippen LogP contribution in [0.5, 0.6) is 0 Å². The van der Waals surface area contributed by atoms with E-state index in [9.17, 15) is 4.79 Å². The SMILES string of the molecule is Cn1c(=O)ccc2c3c(-c4ccccc4)cc(-c4ccc(Br)cc4)nc3ccc21. The predicted octanol–water partition coefficient (Wildman–Crippen LogP) is 6.18. The zero-order valence-corrected chi connectivity index (χ0v) is 17.3.